The van der Waals surface area contributed by atoms with E-state index in [-0.39, 0.29) is 0 Å². The number of aromatic nitrogens is 2. The molecule has 80 valence electrons. The Morgan fingerprint density at radius 1 is 1.50 bits per heavy atom. The number of aryl methyl sites for hydroxylation is 1. The fourth-order valence-electron chi connectivity index (χ4n) is 1.64. The maximum atomic E-state index is 8.81. The van der Waals surface area contributed by atoms with Crippen molar-refractivity contribution in [2.45, 2.75) is 6.42 Å². The maximum absolute atomic E-state index is 8.81. The Bertz CT molecular complexity index is 529. The molecule has 2 rings (SSSR count). The standard InChI is InChI=1S/C12H12N4/c1-16-12(11(14)8-15-16)6-9-3-2-4-10(5-9)7-13/h2-5,8H,6,14H2,1H3. The van der Waals surface area contributed by atoms with Crippen LogP contribution in [0.4, 0.5) is 5.69 Å². The van der Waals surface area contributed by atoms with Gasteiger partial charge in [-0.3, -0.25) is 4.68 Å². The molecule has 4 nitrogen and oxygen atoms in total. The van der Waals surface area contributed by atoms with E-state index in [1.54, 1.807) is 16.9 Å². The number of hydrogen-bond acceptors (Lipinski definition) is 3. The smallest absolute Gasteiger partial charge is 0.0991 e. The highest BCUT2D eigenvalue weighted by molar-refractivity contribution is 5.44. The predicted molar refractivity (Wildman–Crippen MR) is 61.6 cm³/mol. The van der Waals surface area contributed by atoms with Crippen LogP contribution in [-0.4, -0.2) is 9.78 Å². The average Bonchev–Trinajstić information content (AvgIpc) is 2.61. The normalized spacial score (nSPS) is 10.0. The number of anilines is 1. The lowest BCUT2D eigenvalue weighted by atomic mass is 10.1. The van der Waals surface area contributed by atoms with Crippen molar-refractivity contribution in [1.29, 1.82) is 5.26 Å². The van der Waals surface area contributed by atoms with Crippen LogP contribution < -0.4 is 5.73 Å². The Hall–Kier alpha value is -2.28. The molecule has 1 aromatic carbocycles. The molecule has 0 aliphatic heterocycles. The summed E-state index contributed by atoms with van der Waals surface area (Å²) in [6, 6.07) is 9.63. The molecule has 1 aromatic heterocycles. The van der Waals surface area contributed by atoms with Gasteiger partial charge in [-0.25, -0.2) is 0 Å². The molecular formula is C12H12N4. The molecule has 0 aliphatic carbocycles. The van der Waals surface area contributed by atoms with Crippen molar-refractivity contribution >= 4 is 5.69 Å². The van der Waals surface area contributed by atoms with E-state index in [1.165, 1.54) is 0 Å². The third-order valence-corrected chi connectivity index (χ3v) is 2.52. The maximum Gasteiger partial charge on any atom is 0.0991 e. The number of nitrogen functional groups attached to an aromatic ring is 1. The van der Waals surface area contributed by atoms with E-state index >= 15 is 0 Å². The number of hydrogen-bond donors (Lipinski definition) is 1. The second-order valence-electron chi connectivity index (χ2n) is 3.66. The average molecular weight is 212 g/mol. The van der Waals surface area contributed by atoms with E-state index in [0.29, 0.717) is 17.7 Å². The molecule has 0 saturated carbocycles. The van der Waals surface area contributed by atoms with Crippen LogP contribution in [0, 0.1) is 11.3 Å². The first kappa shape index (κ1) is 10.2. The van der Waals surface area contributed by atoms with Crippen LogP contribution in [0.15, 0.2) is 30.5 Å². The van der Waals surface area contributed by atoms with Gasteiger partial charge in [0.15, 0.2) is 0 Å². The zero-order chi connectivity index (χ0) is 11.5. The van der Waals surface area contributed by atoms with Crippen molar-refractivity contribution in [3.8, 4) is 6.07 Å². The minimum absolute atomic E-state index is 0.665. The first-order chi connectivity index (χ1) is 7.70. The van der Waals surface area contributed by atoms with Crippen LogP contribution >= 0.6 is 0 Å². The van der Waals surface area contributed by atoms with Gasteiger partial charge in [0.05, 0.1) is 29.2 Å². The molecule has 0 amide bonds. The predicted octanol–water partition coefficient (Wildman–Crippen LogP) is 1.46. The van der Waals surface area contributed by atoms with Gasteiger partial charge in [0.25, 0.3) is 0 Å². The van der Waals surface area contributed by atoms with E-state index in [1.807, 2.05) is 25.2 Å². The summed E-state index contributed by atoms with van der Waals surface area (Å²) in [5, 5.41) is 12.9. The summed E-state index contributed by atoms with van der Waals surface area (Å²) in [5.41, 5.74) is 9.19. The highest BCUT2D eigenvalue weighted by Crippen LogP contribution is 2.15. The van der Waals surface area contributed by atoms with Gasteiger partial charge in [0.2, 0.25) is 0 Å². The molecule has 0 atom stereocenters. The van der Waals surface area contributed by atoms with Crippen LogP contribution in [0.1, 0.15) is 16.8 Å². The van der Waals surface area contributed by atoms with E-state index in [0.717, 1.165) is 11.3 Å². The summed E-state index contributed by atoms with van der Waals surface area (Å²) in [5.74, 6) is 0. The Kier molecular flexibility index (Phi) is 2.61. The monoisotopic (exact) mass is 212 g/mol. The first-order valence-electron chi connectivity index (χ1n) is 4.96. The molecular weight excluding hydrogens is 200 g/mol. The molecule has 16 heavy (non-hydrogen) atoms. The van der Waals surface area contributed by atoms with Crippen molar-refractivity contribution in [2.24, 2.45) is 7.05 Å². The number of nitrogens with zero attached hydrogens (tertiary/aromatic N) is 3. The van der Waals surface area contributed by atoms with Gasteiger partial charge in [-0.15, -0.1) is 0 Å². The SMILES string of the molecule is Cn1ncc(N)c1Cc1cccc(C#N)c1. The summed E-state index contributed by atoms with van der Waals surface area (Å²) in [4.78, 5) is 0. The van der Waals surface area contributed by atoms with Gasteiger partial charge in [0, 0.05) is 13.5 Å². The second-order valence-corrected chi connectivity index (χ2v) is 3.66. The molecule has 2 N–H and O–H groups in total. The molecule has 0 saturated heterocycles. The Morgan fingerprint density at radius 3 is 2.94 bits per heavy atom. The highest BCUT2D eigenvalue weighted by atomic mass is 15.3. The molecule has 0 spiro atoms. The fourth-order valence-corrected chi connectivity index (χ4v) is 1.64. The van der Waals surface area contributed by atoms with Crippen molar-refractivity contribution in [1.82, 2.24) is 9.78 Å². The number of benzene rings is 1. The number of nitrogens with two attached hydrogens (primary N) is 1. The molecule has 0 bridgehead atoms. The summed E-state index contributed by atoms with van der Waals surface area (Å²) in [7, 11) is 1.86. The molecule has 0 unspecified atom stereocenters. The fraction of sp³-hybridized carbons (Fsp3) is 0.167. The van der Waals surface area contributed by atoms with Crippen molar-refractivity contribution in [3.05, 3.63) is 47.3 Å². The van der Waals surface area contributed by atoms with Gasteiger partial charge in [-0.05, 0) is 17.7 Å². The topological polar surface area (TPSA) is 67.6 Å². The third kappa shape index (κ3) is 1.89. The van der Waals surface area contributed by atoms with Crippen LogP contribution in [-0.2, 0) is 13.5 Å². The highest BCUT2D eigenvalue weighted by Gasteiger charge is 2.06. The van der Waals surface area contributed by atoms with Gasteiger partial charge in [-0.1, -0.05) is 12.1 Å². The Balaban J connectivity index is 2.31. The van der Waals surface area contributed by atoms with Crippen LogP contribution in [0.25, 0.3) is 0 Å². The molecule has 0 aliphatic rings. The Labute approximate surface area is 93.9 Å². The largest absolute Gasteiger partial charge is 0.396 e. The molecule has 2 aromatic rings. The lowest BCUT2D eigenvalue weighted by Crippen LogP contribution is -2.01. The van der Waals surface area contributed by atoms with Crippen LogP contribution in [0.2, 0.25) is 0 Å². The lowest BCUT2D eigenvalue weighted by Gasteiger charge is -2.04. The van der Waals surface area contributed by atoms with Crippen LogP contribution in [0.3, 0.4) is 0 Å². The second kappa shape index (κ2) is 4.07. The minimum atomic E-state index is 0.665. The summed E-state index contributed by atoms with van der Waals surface area (Å²) in [6.07, 6.45) is 2.33. The van der Waals surface area contributed by atoms with Crippen molar-refractivity contribution in [2.75, 3.05) is 5.73 Å². The van der Waals surface area contributed by atoms with E-state index in [9.17, 15) is 0 Å². The minimum Gasteiger partial charge on any atom is -0.396 e. The van der Waals surface area contributed by atoms with Crippen molar-refractivity contribution < 1.29 is 0 Å². The zero-order valence-corrected chi connectivity index (χ0v) is 9.01. The summed E-state index contributed by atoms with van der Waals surface area (Å²) >= 11 is 0. The van der Waals surface area contributed by atoms with Gasteiger partial charge in [-0.2, -0.15) is 10.4 Å². The van der Waals surface area contributed by atoms with E-state index < -0.39 is 0 Å². The number of nitriles is 1. The quantitative estimate of drug-likeness (QED) is 0.819. The summed E-state index contributed by atoms with van der Waals surface area (Å²) in [6.45, 7) is 0. The van der Waals surface area contributed by atoms with Crippen LogP contribution in [0.5, 0.6) is 0 Å². The molecule has 4 heteroatoms. The van der Waals surface area contributed by atoms with E-state index in [4.69, 9.17) is 11.0 Å². The molecule has 1 heterocycles. The molecule has 0 radical (unpaired) electrons. The first-order valence-corrected chi connectivity index (χ1v) is 4.96. The third-order valence-electron chi connectivity index (χ3n) is 2.52. The Morgan fingerprint density at radius 2 is 2.31 bits per heavy atom. The zero-order valence-electron chi connectivity index (χ0n) is 9.01. The van der Waals surface area contributed by atoms with Gasteiger partial charge >= 0.3 is 0 Å². The lowest BCUT2D eigenvalue weighted by molar-refractivity contribution is 0.725. The summed E-state index contributed by atoms with van der Waals surface area (Å²) < 4.78 is 1.76. The number of rotatable bonds is 2. The van der Waals surface area contributed by atoms with Gasteiger partial charge < -0.3 is 5.73 Å². The van der Waals surface area contributed by atoms with Gasteiger partial charge in [0.1, 0.15) is 0 Å². The van der Waals surface area contributed by atoms with E-state index in [2.05, 4.69) is 11.2 Å². The van der Waals surface area contributed by atoms with Crippen molar-refractivity contribution in [3.63, 3.8) is 0 Å². The molecule has 0 fully saturated rings.